The maximum atomic E-state index is 12.4. The third kappa shape index (κ3) is 4.04. The van der Waals surface area contributed by atoms with Crippen LogP contribution in [0.15, 0.2) is 35.1 Å². The molecule has 7 heteroatoms. The maximum Gasteiger partial charge on any atom is 0.409 e. The summed E-state index contributed by atoms with van der Waals surface area (Å²) in [6, 6.07) is 9.43. The number of rotatable bonds is 4. The number of aromatic amines is 1. The van der Waals surface area contributed by atoms with Crippen molar-refractivity contribution in [3.63, 3.8) is 0 Å². The number of carbonyl (C=O) groups is 2. The SMILES string of the molecule is CCOC(=O)N1CCN(C(=O)CCc2cc3ccccc3[nH]c2=O)CC1. The maximum absolute atomic E-state index is 12.4. The molecule has 0 radical (unpaired) electrons. The minimum atomic E-state index is -0.331. The number of para-hydroxylation sites is 1. The van der Waals surface area contributed by atoms with Gasteiger partial charge in [-0.05, 0) is 30.9 Å². The molecule has 2 amide bonds. The molecule has 3 rings (SSSR count). The number of pyridine rings is 1. The fourth-order valence-electron chi connectivity index (χ4n) is 3.13. The molecule has 0 bridgehead atoms. The smallest absolute Gasteiger partial charge is 0.409 e. The van der Waals surface area contributed by atoms with Crippen LogP contribution in [0.4, 0.5) is 4.79 Å². The van der Waals surface area contributed by atoms with Crippen LogP contribution in [-0.2, 0) is 16.0 Å². The van der Waals surface area contributed by atoms with Gasteiger partial charge in [-0.3, -0.25) is 9.59 Å². The lowest BCUT2D eigenvalue weighted by Crippen LogP contribution is -2.50. The summed E-state index contributed by atoms with van der Waals surface area (Å²) in [6.07, 6.45) is 0.347. The van der Waals surface area contributed by atoms with Gasteiger partial charge in [-0.25, -0.2) is 4.79 Å². The second kappa shape index (κ2) is 8.03. The zero-order valence-electron chi connectivity index (χ0n) is 14.9. The number of amides is 2. The van der Waals surface area contributed by atoms with Gasteiger partial charge in [0, 0.05) is 43.7 Å². The highest BCUT2D eigenvalue weighted by Crippen LogP contribution is 2.12. The molecule has 2 heterocycles. The van der Waals surface area contributed by atoms with Gasteiger partial charge in [0.1, 0.15) is 0 Å². The van der Waals surface area contributed by atoms with Crippen molar-refractivity contribution in [1.29, 1.82) is 0 Å². The van der Waals surface area contributed by atoms with Gasteiger partial charge in [-0.15, -0.1) is 0 Å². The van der Waals surface area contributed by atoms with E-state index in [2.05, 4.69) is 4.98 Å². The van der Waals surface area contributed by atoms with Gasteiger partial charge in [-0.1, -0.05) is 18.2 Å². The molecule has 1 aliphatic rings. The van der Waals surface area contributed by atoms with Crippen molar-refractivity contribution >= 4 is 22.9 Å². The van der Waals surface area contributed by atoms with Crippen molar-refractivity contribution in [3.05, 3.63) is 46.2 Å². The molecule has 1 fully saturated rings. The first kappa shape index (κ1) is 18.0. The number of hydrogen-bond acceptors (Lipinski definition) is 4. The van der Waals surface area contributed by atoms with Gasteiger partial charge >= 0.3 is 6.09 Å². The molecule has 1 aromatic heterocycles. The molecule has 0 unspecified atom stereocenters. The first-order valence-corrected chi connectivity index (χ1v) is 8.89. The first-order chi connectivity index (χ1) is 12.6. The van der Waals surface area contributed by atoms with Crippen LogP contribution in [0.5, 0.6) is 0 Å². The summed E-state index contributed by atoms with van der Waals surface area (Å²) in [5.41, 5.74) is 1.26. The normalized spacial score (nSPS) is 14.5. The Kier molecular flexibility index (Phi) is 5.55. The predicted octanol–water partition coefficient (Wildman–Crippen LogP) is 1.76. The van der Waals surface area contributed by atoms with E-state index < -0.39 is 0 Å². The third-order valence-electron chi connectivity index (χ3n) is 4.60. The van der Waals surface area contributed by atoms with Crippen LogP contribution in [0.25, 0.3) is 10.9 Å². The van der Waals surface area contributed by atoms with Gasteiger partial charge in [0.05, 0.1) is 6.61 Å². The lowest BCUT2D eigenvalue weighted by atomic mass is 10.1. The van der Waals surface area contributed by atoms with E-state index in [0.717, 1.165) is 10.9 Å². The van der Waals surface area contributed by atoms with Crippen LogP contribution in [0, 0.1) is 0 Å². The van der Waals surface area contributed by atoms with Gasteiger partial charge in [0.2, 0.25) is 5.91 Å². The number of H-pyrrole nitrogens is 1. The predicted molar refractivity (Wildman–Crippen MR) is 98.1 cm³/mol. The number of ether oxygens (including phenoxy) is 1. The van der Waals surface area contributed by atoms with Crippen LogP contribution >= 0.6 is 0 Å². The molecule has 1 saturated heterocycles. The summed E-state index contributed by atoms with van der Waals surface area (Å²) in [5.74, 6) is 0.000988. The summed E-state index contributed by atoms with van der Waals surface area (Å²) in [7, 11) is 0. The number of nitrogens with one attached hydrogen (secondary N) is 1. The van der Waals surface area contributed by atoms with Gasteiger partial charge in [-0.2, -0.15) is 0 Å². The Morgan fingerprint density at radius 3 is 2.54 bits per heavy atom. The Morgan fingerprint density at radius 1 is 1.12 bits per heavy atom. The third-order valence-corrected chi connectivity index (χ3v) is 4.60. The largest absolute Gasteiger partial charge is 0.450 e. The fourth-order valence-corrected chi connectivity index (χ4v) is 3.13. The second-order valence-corrected chi connectivity index (χ2v) is 6.28. The van der Waals surface area contributed by atoms with Crippen LogP contribution in [0.3, 0.4) is 0 Å². The van der Waals surface area contributed by atoms with Crippen molar-refractivity contribution in [2.45, 2.75) is 19.8 Å². The zero-order chi connectivity index (χ0) is 18.5. The van der Waals surface area contributed by atoms with Crippen molar-refractivity contribution < 1.29 is 14.3 Å². The summed E-state index contributed by atoms with van der Waals surface area (Å²) in [5, 5.41) is 0.956. The molecule has 1 N–H and O–H groups in total. The number of nitrogens with zero attached hydrogens (tertiary/aromatic N) is 2. The lowest BCUT2D eigenvalue weighted by molar-refractivity contribution is -0.132. The molecule has 26 heavy (non-hydrogen) atoms. The molecular formula is C19H23N3O4. The van der Waals surface area contributed by atoms with Gasteiger partial charge in [0.25, 0.3) is 5.56 Å². The number of hydrogen-bond donors (Lipinski definition) is 1. The Morgan fingerprint density at radius 2 is 1.81 bits per heavy atom. The quantitative estimate of drug-likeness (QED) is 0.904. The van der Waals surface area contributed by atoms with Gasteiger partial charge < -0.3 is 19.5 Å². The molecule has 0 saturated carbocycles. The molecule has 0 atom stereocenters. The molecule has 2 aromatic rings. The van der Waals surface area contributed by atoms with Crippen molar-refractivity contribution in [3.8, 4) is 0 Å². The second-order valence-electron chi connectivity index (χ2n) is 6.28. The number of carbonyl (C=O) groups excluding carboxylic acids is 2. The molecule has 138 valence electrons. The minimum absolute atomic E-state index is 0.000988. The number of aryl methyl sites for hydroxylation is 1. The van der Waals surface area contributed by atoms with E-state index in [4.69, 9.17) is 4.74 Å². The van der Waals surface area contributed by atoms with Crippen molar-refractivity contribution in [1.82, 2.24) is 14.8 Å². The van der Waals surface area contributed by atoms with E-state index in [1.54, 1.807) is 16.7 Å². The molecule has 1 aromatic carbocycles. The number of benzene rings is 1. The summed E-state index contributed by atoms with van der Waals surface area (Å²) < 4.78 is 4.98. The van der Waals surface area contributed by atoms with E-state index in [-0.39, 0.29) is 24.0 Å². The van der Waals surface area contributed by atoms with Crippen LogP contribution in [0.1, 0.15) is 18.9 Å². The topological polar surface area (TPSA) is 82.7 Å². The Bertz CT molecular complexity index is 853. The van der Waals surface area contributed by atoms with Crippen LogP contribution < -0.4 is 5.56 Å². The standard InChI is InChI=1S/C19H23N3O4/c1-2-26-19(25)22-11-9-21(10-12-22)17(23)8-7-15-13-14-5-3-4-6-16(14)20-18(15)24/h3-6,13H,2,7-12H2,1H3,(H,20,24). The fraction of sp³-hybridized carbons (Fsp3) is 0.421. The lowest BCUT2D eigenvalue weighted by Gasteiger charge is -2.34. The number of fused-ring (bicyclic) bond motifs is 1. The highest BCUT2D eigenvalue weighted by Gasteiger charge is 2.24. The molecule has 0 aliphatic carbocycles. The molecule has 1 aliphatic heterocycles. The molecule has 0 spiro atoms. The summed E-state index contributed by atoms with van der Waals surface area (Å²) in [4.78, 5) is 42.5. The Balaban J connectivity index is 1.56. The summed E-state index contributed by atoms with van der Waals surface area (Å²) >= 11 is 0. The van der Waals surface area contributed by atoms with E-state index >= 15 is 0 Å². The molecule has 7 nitrogen and oxygen atoms in total. The Hall–Kier alpha value is -2.83. The highest BCUT2D eigenvalue weighted by molar-refractivity contribution is 5.79. The van der Waals surface area contributed by atoms with E-state index in [1.807, 2.05) is 30.3 Å². The number of aromatic nitrogens is 1. The number of piperazine rings is 1. The average Bonchev–Trinajstić information content (AvgIpc) is 2.66. The van der Waals surface area contributed by atoms with E-state index in [9.17, 15) is 14.4 Å². The average molecular weight is 357 g/mol. The monoisotopic (exact) mass is 357 g/mol. The van der Waals surface area contributed by atoms with E-state index in [1.165, 1.54) is 0 Å². The van der Waals surface area contributed by atoms with Crippen LogP contribution in [0.2, 0.25) is 0 Å². The zero-order valence-corrected chi connectivity index (χ0v) is 14.9. The summed E-state index contributed by atoms with van der Waals surface area (Å²) in [6.45, 7) is 4.05. The van der Waals surface area contributed by atoms with Crippen LogP contribution in [-0.4, -0.2) is 59.6 Å². The Labute approximate surface area is 151 Å². The van der Waals surface area contributed by atoms with Crippen molar-refractivity contribution in [2.75, 3.05) is 32.8 Å². The van der Waals surface area contributed by atoms with Gasteiger partial charge in [0.15, 0.2) is 0 Å². The first-order valence-electron chi connectivity index (χ1n) is 8.89. The van der Waals surface area contributed by atoms with Crippen molar-refractivity contribution in [2.24, 2.45) is 0 Å². The highest BCUT2D eigenvalue weighted by atomic mass is 16.6. The van der Waals surface area contributed by atoms with E-state index in [0.29, 0.717) is 44.8 Å². The minimum Gasteiger partial charge on any atom is -0.450 e. The molecular weight excluding hydrogens is 334 g/mol.